The third kappa shape index (κ3) is 7.85. The first-order valence-corrected chi connectivity index (χ1v) is 16.1. The predicted molar refractivity (Wildman–Crippen MR) is 167 cm³/mol. The van der Waals surface area contributed by atoms with E-state index in [1.54, 1.807) is 16.2 Å². The lowest BCUT2D eigenvalue weighted by atomic mass is 9.82. The minimum atomic E-state index is -0.592. The van der Waals surface area contributed by atoms with Gasteiger partial charge in [0.05, 0.1) is 0 Å². The summed E-state index contributed by atoms with van der Waals surface area (Å²) >= 11 is 1.74. The van der Waals surface area contributed by atoms with Crippen molar-refractivity contribution < 1.29 is 14.0 Å². The topological polar surface area (TPSA) is 78.7 Å². The number of hydrogen-bond acceptors (Lipinski definition) is 5. The van der Waals surface area contributed by atoms with Gasteiger partial charge in [-0.25, -0.2) is 4.39 Å². The SMILES string of the molecule is Cc1ccc(CN(Cc2cccs2)C2CCN(C(=O)c3ccc(F)cc3)[C@@H](C(=O)NCC3CCC(CN)CC3)C2)cc1. The van der Waals surface area contributed by atoms with E-state index in [0.29, 0.717) is 36.9 Å². The number of thiophene rings is 1. The molecule has 2 atom stereocenters. The molecule has 0 radical (unpaired) electrons. The Hall–Kier alpha value is -3.07. The fourth-order valence-electron chi connectivity index (χ4n) is 6.41. The summed E-state index contributed by atoms with van der Waals surface area (Å²) in [7, 11) is 0. The molecular weight excluding hydrogens is 547 g/mol. The monoisotopic (exact) mass is 590 g/mol. The molecule has 0 spiro atoms. The number of likely N-dealkylation sites (tertiary alicyclic amines) is 1. The van der Waals surface area contributed by atoms with Crippen LogP contribution in [0, 0.1) is 24.6 Å². The third-order valence-corrected chi connectivity index (χ3v) is 9.92. The number of hydrogen-bond donors (Lipinski definition) is 2. The van der Waals surface area contributed by atoms with Gasteiger partial charge in [0.25, 0.3) is 5.91 Å². The van der Waals surface area contributed by atoms with Crippen LogP contribution in [0.3, 0.4) is 0 Å². The zero-order valence-electron chi connectivity index (χ0n) is 24.5. The van der Waals surface area contributed by atoms with Crippen molar-refractivity contribution >= 4 is 23.2 Å². The van der Waals surface area contributed by atoms with Crippen LogP contribution < -0.4 is 11.1 Å². The molecule has 1 unspecified atom stereocenters. The van der Waals surface area contributed by atoms with Gasteiger partial charge in [0.2, 0.25) is 5.91 Å². The lowest BCUT2D eigenvalue weighted by Crippen LogP contribution is -2.57. The van der Waals surface area contributed by atoms with Crippen molar-refractivity contribution in [2.24, 2.45) is 17.6 Å². The van der Waals surface area contributed by atoms with Crippen LogP contribution in [0.25, 0.3) is 0 Å². The first-order chi connectivity index (χ1) is 20.4. The Morgan fingerprint density at radius 1 is 0.976 bits per heavy atom. The van der Waals surface area contributed by atoms with Gasteiger partial charge < -0.3 is 16.0 Å². The summed E-state index contributed by atoms with van der Waals surface area (Å²) in [4.78, 5) is 32.9. The van der Waals surface area contributed by atoms with E-state index >= 15 is 0 Å². The molecule has 3 N–H and O–H groups in total. The van der Waals surface area contributed by atoms with E-state index in [1.807, 2.05) is 0 Å². The molecule has 224 valence electrons. The van der Waals surface area contributed by atoms with Gasteiger partial charge in [-0.3, -0.25) is 14.5 Å². The molecule has 1 aliphatic heterocycles. The van der Waals surface area contributed by atoms with Gasteiger partial charge in [0.15, 0.2) is 0 Å². The van der Waals surface area contributed by atoms with E-state index in [-0.39, 0.29) is 23.7 Å². The molecule has 0 bridgehead atoms. The molecule has 1 aliphatic carbocycles. The number of halogens is 1. The molecule has 2 aromatic carbocycles. The van der Waals surface area contributed by atoms with Gasteiger partial charge >= 0.3 is 0 Å². The molecule has 2 aliphatic rings. The molecule has 6 nitrogen and oxygen atoms in total. The maximum atomic E-state index is 13.8. The summed E-state index contributed by atoms with van der Waals surface area (Å²) in [6.45, 7) is 5.48. The Morgan fingerprint density at radius 3 is 2.36 bits per heavy atom. The molecule has 2 heterocycles. The van der Waals surface area contributed by atoms with E-state index in [4.69, 9.17) is 5.73 Å². The Morgan fingerprint density at radius 2 is 1.69 bits per heavy atom. The van der Waals surface area contributed by atoms with E-state index < -0.39 is 6.04 Å². The van der Waals surface area contributed by atoms with E-state index in [2.05, 4.69) is 58.9 Å². The summed E-state index contributed by atoms with van der Waals surface area (Å²) in [5, 5.41) is 5.32. The van der Waals surface area contributed by atoms with Crippen molar-refractivity contribution in [2.75, 3.05) is 19.6 Å². The van der Waals surface area contributed by atoms with Crippen molar-refractivity contribution in [1.29, 1.82) is 0 Å². The summed E-state index contributed by atoms with van der Waals surface area (Å²) in [6.07, 6.45) is 5.66. The third-order valence-electron chi connectivity index (χ3n) is 9.06. The first-order valence-electron chi connectivity index (χ1n) is 15.3. The van der Waals surface area contributed by atoms with Crippen LogP contribution in [0.15, 0.2) is 66.0 Å². The number of piperidine rings is 1. The van der Waals surface area contributed by atoms with Crippen LogP contribution in [0.4, 0.5) is 4.39 Å². The second-order valence-corrected chi connectivity index (χ2v) is 13.1. The number of nitrogens with one attached hydrogen (secondary N) is 1. The molecule has 5 rings (SSSR count). The molecular formula is C34H43FN4O2S. The average Bonchev–Trinajstić information content (AvgIpc) is 3.54. The fraction of sp³-hybridized carbons (Fsp3) is 0.471. The molecule has 1 saturated carbocycles. The smallest absolute Gasteiger partial charge is 0.254 e. The van der Waals surface area contributed by atoms with Crippen LogP contribution in [0.2, 0.25) is 0 Å². The van der Waals surface area contributed by atoms with Crippen molar-refractivity contribution in [3.63, 3.8) is 0 Å². The van der Waals surface area contributed by atoms with Crippen molar-refractivity contribution in [2.45, 2.75) is 70.6 Å². The minimum Gasteiger partial charge on any atom is -0.354 e. The second kappa shape index (κ2) is 14.4. The number of carbonyl (C=O) groups is 2. The van der Waals surface area contributed by atoms with Gasteiger partial charge in [0, 0.05) is 42.7 Å². The molecule has 1 aromatic heterocycles. The molecule has 2 fully saturated rings. The minimum absolute atomic E-state index is 0.0949. The van der Waals surface area contributed by atoms with Gasteiger partial charge in [-0.15, -0.1) is 11.3 Å². The first kappa shape index (κ1) is 30.4. The number of aryl methyl sites for hydroxylation is 1. The number of carbonyl (C=O) groups excluding carboxylic acids is 2. The van der Waals surface area contributed by atoms with Gasteiger partial charge in [-0.05, 0) is 105 Å². The van der Waals surface area contributed by atoms with Gasteiger partial charge in [-0.1, -0.05) is 35.9 Å². The maximum absolute atomic E-state index is 13.8. The molecule has 8 heteroatoms. The second-order valence-electron chi connectivity index (χ2n) is 12.0. The largest absolute Gasteiger partial charge is 0.354 e. The number of benzene rings is 2. The van der Waals surface area contributed by atoms with Crippen LogP contribution in [-0.2, 0) is 17.9 Å². The normalized spacial score (nSPS) is 22.7. The summed E-state index contributed by atoms with van der Waals surface area (Å²) in [5.41, 5.74) is 8.74. The Kier molecular flexibility index (Phi) is 10.4. The highest BCUT2D eigenvalue weighted by Gasteiger charge is 2.39. The van der Waals surface area contributed by atoms with Crippen molar-refractivity contribution in [3.8, 4) is 0 Å². The molecule has 2 amide bonds. The molecule has 1 saturated heterocycles. The molecule has 3 aromatic rings. The van der Waals surface area contributed by atoms with Gasteiger partial charge in [0.1, 0.15) is 11.9 Å². The van der Waals surface area contributed by atoms with E-state index in [1.165, 1.54) is 40.3 Å². The average molecular weight is 591 g/mol. The predicted octanol–water partition coefficient (Wildman–Crippen LogP) is 5.75. The summed E-state index contributed by atoms with van der Waals surface area (Å²) in [6, 6.07) is 18.0. The quantitative estimate of drug-likeness (QED) is 0.315. The summed E-state index contributed by atoms with van der Waals surface area (Å²) < 4.78 is 13.6. The van der Waals surface area contributed by atoms with Gasteiger partial charge in [-0.2, -0.15) is 0 Å². The summed E-state index contributed by atoms with van der Waals surface area (Å²) in [5.74, 6) is 0.323. The molecule has 42 heavy (non-hydrogen) atoms. The lowest BCUT2D eigenvalue weighted by Gasteiger charge is -2.43. The van der Waals surface area contributed by atoms with E-state index in [9.17, 15) is 14.0 Å². The Labute approximate surface area is 253 Å². The van der Waals surface area contributed by atoms with Crippen LogP contribution >= 0.6 is 11.3 Å². The number of amides is 2. The fourth-order valence-corrected chi connectivity index (χ4v) is 7.14. The zero-order valence-corrected chi connectivity index (χ0v) is 25.3. The Bertz CT molecular complexity index is 1290. The van der Waals surface area contributed by atoms with Crippen LogP contribution in [-0.4, -0.2) is 53.3 Å². The lowest BCUT2D eigenvalue weighted by molar-refractivity contribution is -0.128. The van der Waals surface area contributed by atoms with Crippen LogP contribution in [0.1, 0.15) is 64.9 Å². The zero-order chi connectivity index (χ0) is 29.5. The highest BCUT2D eigenvalue weighted by atomic mass is 32.1. The standard InChI is InChI=1S/C34H43FN4O2S/c1-24-4-6-27(7-5-24)22-38(23-31-3-2-18-42-31)30-16-17-39(34(41)28-12-14-29(35)15-13-28)32(19-30)33(40)37-21-26-10-8-25(20-36)9-11-26/h2-7,12-15,18,25-26,30,32H,8-11,16-17,19-23,36H2,1H3,(H,37,40)/t25?,26?,30?,32-/m1/s1. The number of rotatable bonds is 10. The van der Waals surface area contributed by atoms with E-state index in [0.717, 1.165) is 51.7 Å². The number of nitrogens with two attached hydrogens (primary N) is 1. The highest BCUT2D eigenvalue weighted by molar-refractivity contribution is 7.09. The van der Waals surface area contributed by atoms with Crippen LogP contribution in [0.5, 0.6) is 0 Å². The Balaban J connectivity index is 1.34. The highest BCUT2D eigenvalue weighted by Crippen LogP contribution is 2.30. The number of nitrogens with zero attached hydrogens (tertiary/aromatic N) is 2. The van der Waals surface area contributed by atoms with Crippen molar-refractivity contribution in [3.05, 3.63) is 93.4 Å². The van der Waals surface area contributed by atoms with Crippen molar-refractivity contribution in [1.82, 2.24) is 15.1 Å². The maximum Gasteiger partial charge on any atom is 0.254 e.